The minimum atomic E-state index is -0.471. The third kappa shape index (κ3) is 1.60. The Balaban J connectivity index is 2.19. The Hall–Kier alpha value is -1.86. The number of hydrogen-bond acceptors (Lipinski definition) is 1. The molecule has 1 nitrogen and oxygen atoms in total. The maximum atomic E-state index is 10.0. The second kappa shape index (κ2) is 3.86. The van der Waals surface area contributed by atoms with Crippen LogP contribution in [0.4, 0.5) is 0 Å². The molecule has 0 aromatic heterocycles. The van der Waals surface area contributed by atoms with E-state index in [-0.39, 0.29) is 0 Å². The van der Waals surface area contributed by atoms with Gasteiger partial charge in [-0.05, 0) is 40.8 Å². The number of benzene rings is 2. The minimum Gasteiger partial charge on any atom is -0.384 e. The summed E-state index contributed by atoms with van der Waals surface area (Å²) in [6.07, 6.45) is 1.47. The van der Waals surface area contributed by atoms with Crippen molar-refractivity contribution >= 4 is 5.57 Å². The molecule has 1 N–H and O–H groups in total. The van der Waals surface area contributed by atoms with Gasteiger partial charge in [-0.3, -0.25) is 0 Å². The van der Waals surface area contributed by atoms with Crippen molar-refractivity contribution in [3.63, 3.8) is 0 Å². The van der Waals surface area contributed by atoms with Gasteiger partial charge in [-0.1, -0.05) is 48.5 Å². The van der Waals surface area contributed by atoms with Gasteiger partial charge < -0.3 is 5.11 Å². The fourth-order valence-corrected chi connectivity index (χ4v) is 2.45. The molecule has 0 saturated carbocycles. The molecule has 3 rings (SSSR count). The molecule has 84 valence electrons. The van der Waals surface area contributed by atoms with Crippen LogP contribution in [0, 0.1) is 6.92 Å². The van der Waals surface area contributed by atoms with Crippen LogP contribution in [-0.4, -0.2) is 5.11 Å². The van der Waals surface area contributed by atoms with E-state index in [1.165, 1.54) is 11.1 Å². The maximum Gasteiger partial charge on any atom is 0.0986 e. The van der Waals surface area contributed by atoms with E-state index >= 15 is 0 Å². The molecule has 0 bridgehead atoms. The van der Waals surface area contributed by atoms with Gasteiger partial charge in [0.1, 0.15) is 0 Å². The van der Waals surface area contributed by atoms with Crippen LogP contribution in [0.5, 0.6) is 0 Å². The summed E-state index contributed by atoms with van der Waals surface area (Å²) in [5.74, 6) is 0. The van der Waals surface area contributed by atoms with E-state index in [4.69, 9.17) is 0 Å². The molecule has 1 aliphatic rings. The summed E-state index contributed by atoms with van der Waals surface area (Å²) in [6, 6.07) is 16.3. The molecule has 2 aromatic rings. The van der Waals surface area contributed by atoms with Crippen LogP contribution >= 0.6 is 0 Å². The fourth-order valence-electron chi connectivity index (χ4n) is 2.45. The van der Waals surface area contributed by atoms with Gasteiger partial charge in [-0.15, -0.1) is 0 Å². The highest BCUT2D eigenvalue weighted by atomic mass is 16.3. The quantitative estimate of drug-likeness (QED) is 0.783. The molecule has 0 saturated heterocycles. The van der Waals surface area contributed by atoms with Crippen molar-refractivity contribution in [3.8, 4) is 0 Å². The smallest absolute Gasteiger partial charge is 0.0986 e. The van der Waals surface area contributed by atoms with Gasteiger partial charge in [0.15, 0.2) is 0 Å². The second-order valence-electron chi connectivity index (χ2n) is 4.43. The van der Waals surface area contributed by atoms with E-state index in [9.17, 15) is 5.11 Å². The van der Waals surface area contributed by atoms with Crippen molar-refractivity contribution in [3.05, 3.63) is 76.9 Å². The van der Waals surface area contributed by atoms with E-state index in [1.54, 1.807) is 0 Å². The van der Waals surface area contributed by atoms with Crippen LogP contribution in [0.1, 0.15) is 28.4 Å². The predicted molar refractivity (Wildman–Crippen MR) is 69.7 cm³/mol. The SMILES string of the molecule is Cc1ccccc1C1=CC(O)c2ccccc21. The van der Waals surface area contributed by atoms with Gasteiger partial charge in [0.05, 0.1) is 6.10 Å². The highest BCUT2D eigenvalue weighted by Crippen LogP contribution is 2.38. The molecule has 0 aliphatic heterocycles. The molecule has 0 fully saturated rings. The molecule has 1 heteroatoms. The summed E-state index contributed by atoms with van der Waals surface area (Å²) in [7, 11) is 0. The standard InChI is InChI=1S/C16H14O/c1-11-6-2-3-7-12(11)15-10-16(17)14-9-5-4-8-13(14)15/h2-10,16-17H,1H3. The molecule has 0 amide bonds. The van der Waals surface area contributed by atoms with Gasteiger partial charge >= 0.3 is 0 Å². The highest BCUT2D eigenvalue weighted by Gasteiger charge is 2.22. The molecule has 1 aliphatic carbocycles. The van der Waals surface area contributed by atoms with Crippen LogP contribution in [0.2, 0.25) is 0 Å². The molecule has 0 heterocycles. The first-order valence-corrected chi connectivity index (χ1v) is 5.82. The lowest BCUT2D eigenvalue weighted by Crippen LogP contribution is -1.90. The molecule has 17 heavy (non-hydrogen) atoms. The van der Waals surface area contributed by atoms with Crippen molar-refractivity contribution in [2.45, 2.75) is 13.0 Å². The zero-order chi connectivity index (χ0) is 11.8. The Morgan fingerprint density at radius 3 is 2.29 bits per heavy atom. The van der Waals surface area contributed by atoms with Crippen LogP contribution in [0.25, 0.3) is 5.57 Å². The summed E-state index contributed by atoms with van der Waals surface area (Å²) in [5.41, 5.74) is 5.74. The van der Waals surface area contributed by atoms with Crippen molar-refractivity contribution in [2.24, 2.45) is 0 Å². The van der Waals surface area contributed by atoms with Crippen molar-refractivity contribution in [2.75, 3.05) is 0 Å². The molecule has 0 spiro atoms. The number of aryl methyl sites for hydroxylation is 1. The summed E-state index contributed by atoms with van der Waals surface area (Å²) in [6.45, 7) is 2.10. The lowest BCUT2D eigenvalue weighted by atomic mass is 9.96. The van der Waals surface area contributed by atoms with Gasteiger partial charge in [-0.25, -0.2) is 0 Å². The number of rotatable bonds is 1. The summed E-state index contributed by atoms with van der Waals surface area (Å²) in [5, 5.41) is 10.0. The third-order valence-electron chi connectivity index (χ3n) is 3.33. The third-order valence-corrected chi connectivity index (χ3v) is 3.33. The Kier molecular flexibility index (Phi) is 2.34. The van der Waals surface area contributed by atoms with Crippen molar-refractivity contribution in [1.29, 1.82) is 0 Å². The van der Waals surface area contributed by atoms with Gasteiger partial charge in [0.2, 0.25) is 0 Å². The minimum absolute atomic E-state index is 0.471. The number of aliphatic hydroxyl groups is 1. The summed E-state index contributed by atoms with van der Waals surface area (Å²) >= 11 is 0. The zero-order valence-corrected chi connectivity index (χ0v) is 9.72. The van der Waals surface area contributed by atoms with Crippen molar-refractivity contribution < 1.29 is 5.11 Å². The van der Waals surface area contributed by atoms with E-state index < -0.39 is 6.10 Å². The van der Waals surface area contributed by atoms with E-state index in [1.807, 2.05) is 36.4 Å². The number of hydrogen-bond donors (Lipinski definition) is 1. The zero-order valence-electron chi connectivity index (χ0n) is 9.72. The molecular formula is C16H14O. The van der Waals surface area contributed by atoms with Gasteiger partial charge in [0.25, 0.3) is 0 Å². The largest absolute Gasteiger partial charge is 0.384 e. The van der Waals surface area contributed by atoms with Crippen molar-refractivity contribution in [1.82, 2.24) is 0 Å². The highest BCUT2D eigenvalue weighted by molar-refractivity contribution is 5.86. The Morgan fingerprint density at radius 1 is 0.882 bits per heavy atom. The molecule has 1 unspecified atom stereocenters. The lowest BCUT2D eigenvalue weighted by molar-refractivity contribution is 0.232. The molecule has 2 aromatic carbocycles. The maximum absolute atomic E-state index is 10.0. The molecule has 1 atom stereocenters. The Bertz CT molecular complexity index is 596. The average Bonchev–Trinajstić information content (AvgIpc) is 2.68. The fraction of sp³-hybridized carbons (Fsp3) is 0.125. The Morgan fingerprint density at radius 2 is 1.53 bits per heavy atom. The topological polar surface area (TPSA) is 20.2 Å². The molecular weight excluding hydrogens is 208 g/mol. The predicted octanol–water partition coefficient (Wildman–Crippen LogP) is 3.47. The monoisotopic (exact) mass is 222 g/mol. The van der Waals surface area contributed by atoms with Gasteiger partial charge in [-0.2, -0.15) is 0 Å². The first-order valence-electron chi connectivity index (χ1n) is 5.82. The number of fused-ring (bicyclic) bond motifs is 1. The van der Waals surface area contributed by atoms with Crippen LogP contribution < -0.4 is 0 Å². The lowest BCUT2D eigenvalue weighted by Gasteiger charge is -2.08. The van der Waals surface area contributed by atoms with E-state index in [0.29, 0.717) is 0 Å². The average molecular weight is 222 g/mol. The summed E-state index contributed by atoms with van der Waals surface area (Å²) in [4.78, 5) is 0. The summed E-state index contributed by atoms with van der Waals surface area (Å²) < 4.78 is 0. The number of aliphatic hydroxyl groups excluding tert-OH is 1. The second-order valence-corrected chi connectivity index (χ2v) is 4.43. The van der Waals surface area contributed by atoms with E-state index in [0.717, 1.165) is 16.7 Å². The normalized spacial score (nSPS) is 17.8. The van der Waals surface area contributed by atoms with Gasteiger partial charge in [0, 0.05) is 0 Å². The van der Waals surface area contributed by atoms with Crippen LogP contribution in [-0.2, 0) is 0 Å². The van der Waals surface area contributed by atoms with E-state index in [2.05, 4.69) is 25.1 Å². The first kappa shape index (κ1) is 10.3. The Labute approximate surface area is 101 Å². The van der Waals surface area contributed by atoms with Crippen LogP contribution in [0.3, 0.4) is 0 Å². The molecule has 0 radical (unpaired) electrons. The first-order chi connectivity index (χ1) is 8.27. The van der Waals surface area contributed by atoms with Crippen LogP contribution in [0.15, 0.2) is 54.6 Å².